The van der Waals surface area contributed by atoms with Crippen molar-refractivity contribution in [1.29, 1.82) is 0 Å². The van der Waals surface area contributed by atoms with Crippen LogP contribution in [-0.2, 0) is 0 Å². The molecule has 1 aromatic carbocycles. The summed E-state index contributed by atoms with van der Waals surface area (Å²) in [6.07, 6.45) is 0. The van der Waals surface area contributed by atoms with Gasteiger partial charge in [-0.1, -0.05) is 0 Å². The first-order chi connectivity index (χ1) is 7.41. The summed E-state index contributed by atoms with van der Waals surface area (Å²) in [4.78, 5) is 19.4. The molecule has 0 saturated carbocycles. The fourth-order valence-electron chi connectivity index (χ4n) is 0.879. The lowest BCUT2D eigenvalue weighted by molar-refractivity contribution is -0.393. The summed E-state index contributed by atoms with van der Waals surface area (Å²) in [5, 5.41) is 21.0. The fraction of sp³-hybridized carbons (Fsp3) is 0. The number of nitrogens with zero attached hydrogens (tertiary/aromatic N) is 2. The molecule has 8 heteroatoms. The van der Waals surface area contributed by atoms with Crippen molar-refractivity contribution >= 4 is 17.1 Å². The molecule has 0 aliphatic heterocycles. The molecule has 0 heterocycles. The number of non-ortho nitro benzene ring substituents is 1. The summed E-state index contributed by atoms with van der Waals surface area (Å²) in [6, 6.07) is 2.86. The Morgan fingerprint density at radius 2 is 2.07 bits per heavy atom. The predicted octanol–water partition coefficient (Wildman–Crippen LogP) is 0.789. The van der Waals surface area contributed by atoms with Gasteiger partial charge in [0.2, 0.25) is 0 Å². The van der Waals surface area contributed by atoms with Crippen LogP contribution in [0.2, 0.25) is 2.82 Å². The van der Waals surface area contributed by atoms with Gasteiger partial charge in [-0.2, -0.15) is 0 Å². The molecule has 14 heavy (non-hydrogen) atoms. The molecule has 0 spiro atoms. The highest BCUT2D eigenvalue weighted by Gasteiger charge is 2.18. The first kappa shape index (κ1) is 7.21. The molecule has 0 fully saturated rings. The zero-order valence-electron chi connectivity index (χ0n) is 8.71. The minimum atomic E-state index is -0.834. The number of nitrogen functional groups attached to an aromatic ring is 1. The Balaban J connectivity index is 3.19. The number of nitro benzene ring substituents is 2. The van der Waals surface area contributed by atoms with Crippen LogP contribution in [0.15, 0.2) is 18.2 Å². The molecule has 8 nitrogen and oxygen atoms in total. The second-order valence-corrected chi connectivity index (χ2v) is 2.33. The Bertz CT molecular complexity index is 439. The van der Waals surface area contributed by atoms with Gasteiger partial charge in [0.1, 0.15) is 8.51 Å². The highest BCUT2D eigenvalue weighted by molar-refractivity contribution is 5.64. The average Bonchev–Trinajstić information content (AvgIpc) is 2.16. The van der Waals surface area contributed by atoms with Crippen molar-refractivity contribution in [3.63, 3.8) is 0 Å². The number of benzene rings is 1. The molecule has 0 amide bonds. The van der Waals surface area contributed by atoms with Crippen LogP contribution in [0.1, 0.15) is 0 Å². The Labute approximate surface area is 80.5 Å². The summed E-state index contributed by atoms with van der Waals surface area (Å²) in [5.41, 5.74) is 0.855. The molecule has 1 rings (SSSR count). The largest absolute Gasteiger partial charge is 0.318 e. The van der Waals surface area contributed by atoms with Crippen LogP contribution in [0.4, 0.5) is 17.1 Å². The van der Waals surface area contributed by atoms with Crippen molar-refractivity contribution in [1.82, 2.24) is 0 Å². The van der Waals surface area contributed by atoms with Gasteiger partial charge >= 0.3 is 5.69 Å². The van der Waals surface area contributed by atoms with Gasteiger partial charge in [-0.25, -0.2) is 0 Å². The van der Waals surface area contributed by atoms with E-state index in [0.717, 1.165) is 18.2 Å². The summed E-state index contributed by atoms with van der Waals surface area (Å²) in [5.74, 6) is 0.00810. The van der Waals surface area contributed by atoms with Gasteiger partial charge in [-0.3, -0.25) is 26.1 Å². The van der Waals surface area contributed by atoms with E-state index in [1.807, 2.05) is 5.43 Å². The lowest BCUT2D eigenvalue weighted by Crippen LogP contribution is -2.09. The molecule has 1 aromatic rings. The van der Waals surface area contributed by atoms with E-state index in [1.165, 1.54) is 0 Å². The second-order valence-electron chi connectivity index (χ2n) is 2.33. The Kier molecular flexibility index (Phi) is 1.89. The van der Waals surface area contributed by atoms with Crippen LogP contribution in [-0.4, -0.2) is 9.85 Å². The highest BCUT2D eigenvalue weighted by atomic mass is 16.6. The van der Waals surface area contributed by atoms with Crippen LogP contribution >= 0.6 is 0 Å². The van der Waals surface area contributed by atoms with Crippen molar-refractivity contribution < 1.29 is 12.7 Å². The first-order valence-corrected chi connectivity index (χ1v) is 3.39. The molecule has 0 unspecified atom stereocenters. The lowest BCUT2D eigenvalue weighted by Gasteiger charge is -2.00. The topological polar surface area (TPSA) is 124 Å². The molecule has 0 bridgehead atoms. The van der Waals surface area contributed by atoms with Crippen molar-refractivity contribution in [2.75, 3.05) is 5.43 Å². The zero-order chi connectivity index (χ0) is 12.3. The molecule has 0 atom stereocenters. The van der Waals surface area contributed by atoms with Gasteiger partial charge in [0.25, 0.3) is 5.69 Å². The van der Waals surface area contributed by atoms with Crippen LogP contribution < -0.4 is 11.3 Å². The van der Waals surface area contributed by atoms with Gasteiger partial charge in [0.05, 0.1) is 15.9 Å². The van der Waals surface area contributed by atoms with Gasteiger partial charge in [-0.15, -0.1) is 0 Å². The first-order valence-electron chi connectivity index (χ1n) is 4.28. The summed E-state index contributed by atoms with van der Waals surface area (Å²) in [7, 11) is 0. The zero-order valence-corrected chi connectivity index (χ0v) is 6.71. The Morgan fingerprint density at radius 3 is 2.57 bits per heavy atom. The maximum absolute atomic E-state index is 10.6. The molecular formula is C6H6N4O4. The average molecular weight is 200 g/mol. The molecule has 0 saturated heterocycles. The predicted molar refractivity (Wildman–Crippen MR) is 47.6 cm³/mol. The van der Waals surface area contributed by atoms with Gasteiger partial charge < -0.3 is 5.43 Å². The number of nitrogens with one attached hydrogen (secondary N) is 1. The molecule has 3 N–H and O–H groups in total. The number of hydrogen-bond acceptors (Lipinski definition) is 6. The second kappa shape index (κ2) is 3.66. The Morgan fingerprint density at radius 1 is 1.36 bits per heavy atom. The standard InChI is InChI=1S/C6H6N4O4/c7-8-5-2-1-4(9(11)12)3-6(5)10(13)14/h1-3,8H,7H2/i/hD2. The fourth-order valence-corrected chi connectivity index (χ4v) is 0.879. The SMILES string of the molecule is [2H]N([2H])Nc1ccc([N+](=O)[O-])cc1[N+](=O)[O-]. The maximum Gasteiger partial charge on any atom is 0.300 e. The summed E-state index contributed by atoms with van der Waals surface area (Å²) in [6.45, 7) is 0. The molecular weight excluding hydrogens is 192 g/mol. The third-order valence-electron chi connectivity index (χ3n) is 1.51. The molecule has 0 aliphatic rings. The number of hydrazine groups is 1. The van der Waals surface area contributed by atoms with E-state index < -0.39 is 21.2 Å². The van der Waals surface area contributed by atoms with Crippen LogP contribution in [0.25, 0.3) is 0 Å². The van der Waals surface area contributed by atoms with Crippen molar-refractivity contribution in [3.8, 4) is 0 Å². The van der Waals surface area contributed by atoms with Crippen LogP contribution in [0.5, 0.6) is 0 Å². The van der Waals surface area contributed by atoms with E-state index in [9.17, 15) is 20.2 Å². The third kappa shape index (κ3) is 1.75. The lowest BCUT2D eigenvalue weighted by atomic mass is 10.2. The number of nitrogens with two attached hydrogens (primary N) is 1. The molecule has 0 aliphatic carbocycles. The van der Waals surface area contributed by atoms with Crippen molar-refractivity contribution in [2.45, 2.75) is 0 Å². The molecule has 74 valence electrons. The van der Waals surface area contributed by atoms with Crippen LogP contribution in [0, 0.1) is 20.2 Å². The Hall–Kier alpha value is -2.22. The summed E-state index contributed by atoms with van der Waals surface area (Å²) >= 11 is 0. The number of anilines is 1. The van der Waals surface area contributed by atoms with Gasteiger partial charge in [-0.05, 0) is 6.07 Å². The van der Waals surface area contributed by atoms with E-state index in [0.29, 0.717) is 0 Å². The van der Waals surface area contributed by atoms with E-state index in [2.05, 4.69) is 0 Å². The normalized spacial score (nSPS) is 11.8. The highest BCUT2D eigenvalue weighted by Crippen LogP contribution is 2.27. The smallest absolute Gasteiger partial charge is 0.300 e. The number of hydrogen-bond donors (Lipinski definition) is 2. The van der Waals surface area contributed by atoms with Crippen molar-refractivity contribution in [3.05, 3.63) is 38.4 Å². The number of nitro groups is 2. The minimum Gasteiger partial charge on any atom is -0.318 e. The minimum absolute atomic E-state index is 0.00810. The van der Waals surface area contributed by atoms with Crippen molar-refractivity contribution in [2.24, 2.45) is 5.83 Å². The summed E-state index contributed by atoms with van der Waals surface area (Å²) < 4.78 is 13.4. The van der Waals surface area contributed by atoms with Gasteiger partial charge in [0.15, 0.2) is 0 Å². The molecule has 0 aromatic heterocycles. The van der Waals surface area contributed by atoms with E-state index in [4.69, 9.17) is 2.82 Å². The van der Waals surface area contributed by atoms with Gasteiger partial charge in [0, 0.05) is 6.07 Å². The maximum atomic E-state index is 10.6. The third-order valence-corrected chi connectivity index (χ3v) is 1.51. The quantitative estimate of drug-likeness (QED) is 0.420. The van der Waals surface area contributed by atoms with E-state index >= 15 is 0 Å². The monoisotopic (exact) mass is 200 g/mol. The van der Waals surface area contributed by atoms with E-state index in [-0.39, 0.29) is 11.5 Å². The van der Waals surface area contributed by atoms with Crippen LogP contribution in [0.3, 0.4) is 0 Å². The molecule has 0 radical (unpaired) electrons. The van der Waals surface area contributed by atoms with E-state index in [1.54, 1.807) is 0 Å². The number of rotatable bonds is 4.